The van der Waals surface area contributed by atoms with Crippen LogP contribution in [0.4, 0.5) is 5.69 Å². The quantitative estimate of drug-likeness (QED) is 0.350. The van der Waals surface area contributed by atoms with Gasteiger partial charge in [0.1, 0.15) is 11.4 Å². The normalized spacial score (nSPS) is 11.2. The first-order valence-electron chi connectivity index (χ1n) is 6.82. The Kier molecular flexibility index (Phi) is 2.82. The van der Waals surface area contributed by atoms with E-state index in [-0.39, 0.29) is 22.7 Å². The zero-order valence-corrected chi connectivity index (χ0v) is 11.9. The highest BCUT2D eigenvalue weighted by molar-refractivity contribution is 5.89. The minimum Gasteiger partial charge on any atom is -0.408 e. The molecule has 3 aromatic heterocycles. The van der Waals surface area contributed by atoms with Gasteiger partial charge < -0.3 is 4.42 Å². The van der Waals surface area contributed by atoms with E-state index in [2.05, 4.69) is 9.97 Å². The highest BCUT2D eigenvalue weighted by atomic mass is 16.6. The summed E-state index contributed by atoms with van der Waals surface area (Å²) in [6, 6.07) is 7.60. The highest BCUT2D eigenvalue weighted by Crippen LogP contribution is 2.29. The largest absolute Gasteiger partial charge is 0.417 e. The number of imidazole rings is 1. The van der Waals surface area contributed by atoms with Crippen molar-refractivity contribution in [3.63, 3.8) is 0 Å². The number of hydrogen-bond acceptors (Lipinski definition) is 6. The van der Waals surface area contributed by atoms with Gasteiger partial charge in [-0.15, -0.1) is 0 Å². The summed E-state index contributed by atoms with van der Waals surface area (Å²) in [4.78, 5) is 40.1. The third kappa shape index (κ3) is 1.92. The smallest absolute Gasteiger partial charge is 0.408 e. The average molecular weight is 324 g/mol. The zero-order chi connectivity index (χ0) is 16.8. The fourth-order valence-electron chi connectivity index (χ4n) is 2.63. The van der Waals surface area contributed by atoms with Crippen molar-refractivity contribution in [2.75, 3.05) is 0 Å². The molecule has 3 heterocycles. The number of nitrogens with one attached hydrogen (secondary N) is 1. The van der Waals surface area contributed by atoms with Crippen molar-refractivity contribution in [2.24, 2.45) is 0 Å². The maximum absolute atomic E-state index is 11.5. The molecule has 0 amide bonds. The van der Waals surface area contributed by atoms with Gasteiger partial charge in [-0.1, -0.05) is 6.07 Å². The number of fused-ring (bicyclic) bond motifs is 2. The Morgan fingerprint density at radius 1 is 1.33 bits per heavy atom. The number of nitro groups is 1. The second-order valence-corrected chi connectivity index (χ2v) is 5.03. The number of rotatable bonds is 3. The van der Waals surface area contributed by atoms with Crippen LogP contribution in [-0.2, 0) is 0 Å². The molecule has 0 aliphatic heterocycles. The van der Waals surface area contributed by atoms with Crippen molar-refractivity contribution < 1.29 is 14.1 Å². The van der Waals surface area contributed by atoms with Crippen LogP contribution in [0.1, 0.15) is 10.5 Å². The Labute approximate surface area is 132 Å². The number of pyridine rings is 1. The molecule has 9 heteroatoms. The van der Waals surface area contributed by atoms with Crippen molar-refractivity contribution in [1.82, 2.24) is 14.4 Å². The van der Waals surface area contributed by atoms with E-state index in [9.17, 15) is 19.7 Å². The fourth-order valence-corrected chi connectivity index (χ4v) is 2.63. The van der Waals surface area contributed by atoms with E-state index in [0.29, 0.717) is 22.9 Å². The molecular weight excluding hydrogens is 316 g/mol. The number of aromatic amines is 1. The lowest BCUT2D eigenvalue weighted by Gasteiger charge is -1.98. The van der Waals surface area contributed by atoms with Crippen molar-refractivity contribution in [3.8, 4) is 11.3 Å². The average Bonchev–Trinajstić information content (AvgIpc) is 3.12. The molecule has 118 valence electrons. The number of benzene rings is 1. The molecule has 0 saturated carbocycles. The molecule has 0 aliphatic rings. The molecule has 0 aliphatic carbocycles. The van der Waals surface area contributed by atoms with Crippen LogP contribution in [0.5, 0.6) is 0 Å². The molecule has 4 rings (SSSR count). The van der Waals surface area contributed by atoms with E-state index in [4.69, 9.17) is 4.42 Å². The van der Waals surface area contributed by atoms with Crippen LogP contribution in [0.2, 0.25) is 0 Å². The second kappa shape index (κ2) is 4.88. The summed E-state index contributed by atoms with van der Waals surface area (Å²) in [6.45, 7) is 0. The first kappa shape index (κ1) is 13.9. The van der Waals surface area contributed by atoms with Crippen molar-refractivity contribution in [2.45, 2.75) is 0 Å². The summed E-state index contributed by atoms with van der Waals surface area (Å²) < 4.78 is 6.36. The number of oxazole rings is 1. The van der Waals surface area contributed by atoms with E-state index in [1.807, 2.05) is 0 Å². The van der Waals surface area contributed by atoms with Crippen LogP contribution in [0.15, 0.2) is 45.7 Å². The number of H-pyrrole nitrogens is 1. The minimum atomic E-state index is -0.594. The van der Waals surface area contributed by atoms with Gasteiger partial charge in [-0.2, -0.15) is 0 Å². The maximum atomic E-state index is 11.5. The van der Waals surface area contributed by atoms with Gasteiger partial charge in [0.2, 0.25) is 5.65 Å². The lowest BCUT2D eigenvalue weighted by Crippen LogP contribution is -1.95. The molecule has 4 aromatic rings. The number of carbonyl (C=O) groups is 1. The predicted octanol–water partition coefficient (Wildman–Crippen LogP) is 2.16. The number of aldehydes is 1. The first-order chi connectivity index (χ1) is 11.6. The summed E-state index contributed by atoms with van der Waals surface area (Å²) in [5.41, 5.74) is 1.62. The van der Waals surface area contributed by atoms with E-state index in [1.54, 1.807) is 18.2 Å². The molecule has 0 unspecified atom stereocenters. The molecule has 0 fully saturated rings. The monoisotopic (exact) mass is 324 g/mol. The Bertz CT molecular complexity index is 1180. The minimum absolute atomic E-state index is 0.0650. The van der Waals surface area contributed by atoms with Crippen molar-refractivity contribution in [3.05, 3.63) is 62.9 Å². The van der Waals surface area contributed by atoms with E-state index < -0.39 is 10.7 Å². The SMILES string of the molecule is O=Cc1c(-c2ccc3[nH]c(=O)oc3c2)nc2c([N+](=O)[O-])cccn12. The van der Waals surface area contributed by atoms with Gasteiger partial charge in [-0.25, -0.2) is 9.78 Å². The fraction of sp³-hybridized carbons (Fsp3) is 0. The molecule has 9 nitrogen and oxygen atoms in total. The van der Waals surface area contributed by atoms with Crippen molar-refractivity contribution >= 4 is 28.7 Å². The molecule has 0 saturated heterocycles. The molecule has 24 heavy (non-hydrogen) atoms. The molecule has 0 spiro atoms. The molecular formula is C15H8N4O5. The van der Waals surface area contributed by atoms with E-state index in [0.717, 1.165) is 0 Å². The Morgan fingerprint density at radius 2 is 2.17 bits per heavy atom. The van der Waals surface area contributed by atoms with Gasteiger partial charge in [-0.3, -0.25) is 24.3 Å². The lowest BCUT2D eigenvalue weighted by molar-refractivity contribution is -0.383. The number of carbonyl (C=O) groups excluding carboxylic acids is 1. The van der Waals surface area contributed by atoms with E-state index >= 15 is 0 Å². The first-order valence-corrected chi connectivity index (χ1v) is 6.82. The van der Waals surface area contributed by atoms with Crippen LogP contribution in [0.25, 0.3) is 28.0 Å². The van der Waals surface area contributed by atoms with Crippen LogP contribution in [0.3, 0.4) is 0 Å². The third-order valence-corrected chi connectivity index (χ3v) is 3.67. The zero-order valence-electron chi connectivity index (χ0n) is 11.9. The lowest BCUT2D eigenvalue weighted by atomic mass is 10.1. The Hall–Kier alpha value is -3.75. The van der Waals surface area contributed by atoms with Crippen molar-refractivity contribution in [1.29, 1.82) is 0 Å². The molecule has 0 bridgehead atoms. The van der Waals surface area contributed by atoms with Gasteiger partial charge in [-0.05, 0) is 18.2 Å². The van der Waals surface area contributed by atoms with Gasteiger partial charge in [0.15, 0.2) is 11.9 Å². The molecule has 0 atom stereocenters. The van der Waals surface area contributed by atoms with Gasteiger partial charge in [0.25, 0.3) is 0 Å². The van der Waals surface area contributed by atoms with Crippen LogP contribution < -0.4 is 5.76 Å². The highest BCUT2D eigenvalue weighted by Gasteiger charge is 2.21. The summed E-state index contributed by atoms with van der Waals surface area (Å²) >= 11 is 0. The van der Waals surface area contributed by atoms with Gasteiger partial charge in [0.05, 0.1) is 10.4 Å². The van der Waals surface area contributed by atoms with Gasteiger partial charge >= 0.3 is 11.4 Å². The Balaban J connectivity index is 2.04. The Morgan fingerprint density at radius 3 is 2.92 bits per heavy atom. The third-order valence-electron chi connectivity index (χ3n) is 3.67. The topological polar surface area (TPSA) is 124 Å². The predicted molar refractivity (Wildman–Crippen MR) is 83.1 cm³/mol. The summed E-state index contributed by atoms with van der Waals surface area (Å²) in [5.74, 6) is -0.594. The number of aromatic nitrogens is 3. The van der Waals surface area contributed by atoms with Crippen LogP contribution in [0, 0.1) is 10.1 Å². The standard InChI is InChI=1S/C15H8N4O5/c20-7-11-13(8-3-4-9-12(6-8)24-15(21)16-9)17-14-10(19(22)23)2-1-5-18(11)14/h1-7H,(H,16,21). The van der Waals surface area contributed by atoms with Crippen LogP contribution >= 0.6 is 0 Å². The summed E-state index contributed by atoms with van der Waals surface area (Å²) in [6.07, 6.45) is 2.11. The van der Waals surface area contributed by atoms with Crippen LogP contribution in [-0.4, -0.2) is 25.6 Å². The molecule has 1 N–H and O–H groups in total. The second-order valence-electron chi connectivity index (χ2n) is 5.03. The van der Waals surface area contributed by atoms with Gasteiger partial charge in [0, 0.05) is 17.8 Å². The summed E-state index contributed by atoms with van der Waals surface area (Å²) in [5, 5.41) is 11.1. The van der Waals surface area contributed by atoms with E-state index in [1.165, 1.54) is 22.7 Å². The number of hydrogen-bond donors (Lipinski definition) is 1. The maximum Gasteiger partial charge on any atom is 0.417 e. The molecule has 1 aromatic carbocycles. The number of nitrogens with zero attached hydrogens (tertiary/aromatic N) is 3. The molecule has 0 radical (unpaired) electrons. The summed E-state index contributed by atoms with van der Waals surface area (Å²) in [7, 11) is 0.